The molecule has 2 aromatic carbocycles. The lowest BCUT2D eigenvalue weighted by Gasteiger charge is -2.18. The molecule has 142 valence electrons. The molecule has 0 saturated carbocycles. The van der Waals surface area contributed by atoms with Crippen LogP contribution in [-0.2, 0) is 26.5 Å². The zero-order valence-electron chi connectivity index (χ0n) is 14.9. The maximum absolute atomic E-state index is 12.4. The fraction of sp³-hybridized carbons (Fsp3) is 0.333. The van der Waals surface area contributed by atoms with Gasteiger partial charge in [0.25, 0.3) is 0 Å². The Bertz CT molecular complexity index is 905. The van der Waals surface area contributed by atoms with Crippen LogP contribution in [0.5, 0.6) is 0 Å². The number of nitrogens with zero attached hydrogens (tertiary/aromatic N) is 1. The van der Waals surface area contributed by atoms with Gasteiger partial charge in [-0.25, -0.2) is 21.6 Å². The van der Waals surface area contributed by atoms with Crippen molar-refractivity contribution in [2.24, 2.45) is 0 Å². The Morgan fingerprint density at radius 2 is 1.35 bits per heavy atom. The molecule has 0 unspecified atom stereocenters. The van der Waals surface area contributed by atoms with Crippen LogP contribution in [0, 0.1) is 0 Å². The molecule has 0 fully saturated rings. The summed E-state index contributed by atoms with van der Waals surface area (Å²) in [7, 11) is -7.28. The van der Waals surface area contributed by atoms with E-state index in [1.807, 2.05) is 30.3 Å². The molecule has 0 aliphatic heterocycles. The molecule has 0 aliphatic carbocycles. The van der Waals surface area contributed by atoms with Gasteiger partial charge in [0.2, 0.25) is 20.0 Å². The van der Waals surface area contributed by atoms with Gasteiger partial charge >= 0.3 is 0 Å². The van der Waals surface area contributed by atoms with Crippen LogP contribution >= 0.6 is 0 Å². The molecule has 0 saturated heterocycles. The van der Waals surface area contributed by atoms with E-state index >= 15 is 0 Å². The van der Waals surface area contributed by atoms with E-state index in [1.54, 1.807) is 13.8 Å². The fourth-order valence-corrected chi connectivity index (χ4v) is 5.05. The molecule has 8 heteroatoms. The van der Waals surface area contributed by atoms with E-state index in [0.717, 1.165) is 5.56 Å². The van der Waals surface area contributed by atoms with Crippen LogP contribution in [0.1, 0.15) is 19.4 Å². The average molecular weight is 397 g/mol. The number of rotatable bonds is 9. The summed E-state index contributed by atoms with van der Waals surface area (Å²) in [5.41, 5.74) is 1.04. The van der Waals surface area contributed by atoms with Crippen molar-refractivity contribution in [1.29, 1.82) is 0 Å². The summed E-state index contributed by atoms with van der Waals surface area (Å²) in [5.74, 6) is 0. The second-order valence-corrected chi connectivity index (χ2v) is 9.40. The fourth-order valence-electron chi connectivity index (χ4n) is 2.56. The molecule has 1 N–H and O–H groups in total. The third-order valence-corrected chi connectivity index (χ3v) is 7.57. The summed E-state index contributed by atoms with van der Waals surface area (Å²) in [6, 6.07) is 14.9. The smallest absolute Gasteiger partial charge is 0.211 e. The van der Waals surface area contributed by atoms with Gasteiger partial charge in [0.15, 0.2) is 0 Å². The van der Waals surface area contributed by atoms with Crippen molar-refractivity contribution in [1.82, 2.24) is 9.03 Å². The first-order valence-electron chi connectivity index (χ1n) is 8.45. The molecular weight excluding hydrogens is 372 g/mol. The van der Waals surface area contributed by atoms with Gasteiger partial charge in [0, 0.05) is 19.6 Å². The third-order valence-electron chi connectivity index (χ3n) is 4.03. The van der Waals surface area contributed by atoms with E-state index in [4.69, 9.17) is 0 Å². The summed E-state index contributed by atoms with van der Waals surface area (Å²) in [5, 5.41) is 0. The van der Waals surface area contributed by atoms with E-state index < -0.39 is 20.0 Å². The largest absolute Gasteiger partial charge is 0.243 e. The van der Waals surface area contributed by atoms with Crippen molar-refractivity contribution in [3.63, 3.8) is 0 Å². The van der Waals surface area contributed by atoms with E-state index in [9.17, 15) is 16.8 Å². The third kappa shape index (κ3) is 4.91. The normalized spacial score (nSPS) is 12.4. The molecule has 0 aliphatic rings. The van der Waals surface area contributed by atoms with Crippen molar-refractivity contribution in [2.75, 3.05) is 19.6 Å². The minimum absolute atomic E-state index is 0.0454. The van der Waals surface area contributed by atoms with Crippen LogP contribution in [0.15, 0.2) is 64.4 Å². The summed E-state index contributed by atoms with van der Waals surface area (Å²) < 4.78 is 53.5. The number of benzene rings is 2. The number of hydrogen-bond acceptors (Lipinski definition) is 4. The first kappa shape index (κ1) is 20.6. The standard InChI is InChI=1S/C18H24N2O4S2/c1-3-20(4-2)26(23,24)18-12-10-17(11-13-18)25(21,22)19-15-14-16-8-6-5-7-9-16/h5-13,19H,3-4,14-15H2,1-2H3. The molecule has 2 rings (SSSR count). The molecule has 0 bridgehead atoms. The first-order chi connectivity index (χ1) is 12.3. The van der Waals surface area contributed by atoms with Crippen molar-refractivity contribution in [3.05, 3.63) is 60.2 Å². The van der Waals surface area contributed by atoms with Gasteiger partial charge in [-0.15, -0.1) is 0 Å². The highest BCUT2D eigenvalue weighted by Gasteiger charge is 2.22. The summed E-state index contributed by atoms with van der Waals surface area (Å²) in [6.07, 6.45) is 0.578. The van der Waals surface area contributed by atoms with Crippen molar-refractivity contribution in [2.45, 2.75) is 30.1 Å². The summed E-state index contributed by atoms with van der Waals surface area (Å²) in [4.78, 5) is 0.133. The van der Waals surface area contributed by atoms with Crippen molar-refractivity contribution in [3.8, 4) is 0 Å². The predicted molar refractivity (Wildman–Crippen MR) is 102 cm³/mol. The van der Waals surface area contributed by atoms with Gasteiger partial charge in [0.1, 0.15) is 0 Å². The Morgan fingerprint density at radius 1 is 0.808 bits per heavy atom. The predicted octanol–water partition coefficient (Wildman–Crippen LogP) is 2.24. The molecule has 0 spiro atoms. The SMILES string of the molecule is CCN(CC)S(=O)(=O)c1ccc(S(=O)(=O)NCCc2ccccc2)cc1. The average Bonchev–Trinajstić information content (AvgIpc) is 2.63. The van der Waals surface area contributed by atoms with Crippen LogP contribution in [0.2, 0.25) is 0 Å². The number of sulfonamides is 2. The Hall–Kier alpha value is -1.74. The van der Waals surface area contributed by atoms with Gasteiger partial charge < -0.3 is 0 Å². The molecule has 26 heavy (non-hydrogen) atoms. The van der Waals surface area contributed by atoms with Gasteiger partial charge in [-0.1, -0.05) is 44.2 Å². The Morgan fingerprint density at radius 3 is 1.88 bits per heavy atom. The lowest BCUT2D eigenvalue weighted by molar-refractivity contribution is 0.445. The lowest BCUT2D eigenvalue weighted by Crippen LogP contribution is -2.30. The second-order valence-electron chi connectivity index (χ2n) is 5.69. The van der Waals surface area contributed by atoms with Crippen LogP contribution in [-0.4, -0.2) is 40.8 Å². The molecule has 0 radical (unpaired) electrons. The second kappa shape index (κ2) is 8.77. The summed E-state index contributed by atoms with van der Waals surface area (Å²) in [6.45, 7) is 4.51. The van der Waals surface area contributed by atoms with Crippen LogP contribution in [0.25, 0.3) is 0 Å². The van der Waals surface area contributed by atoms with Crippen LogP contribution < -0.4 is 4.72 Å². The Balaban J connectivity index is 2.09. The molecule has 0 aromatic heterocycles. The van der Waals surface area contributed by atoms with E-state index in [2.05, 4.69) is 4.72 Å². The highest BCUT2D eigenvalue weighted by Crippen LogP contribution is 2.18. The van der Waals surface area contributed by atoms with E-state index in [0.29, 0.717) is 19.5 Å². The van der Waals surface area contributed by atoms with Gasteiger partial charge in [-0.3, -0.25) is 0 Å². The van der Waals surface area contributed by atoms with E-state index in [1.165, 1.54) is 28.6 Å². The van der Waals surface area contributed by atoms with Crippen molar-refractivity contribution < 1.29 is 16.8 Å². The zero-order valence-corrected chi connectivity index (χ0v) is 16.6. The monoisotopic (exact) mass is 396 g/mol. The minimum atomic E-state index is -3.68. The summed E-state index contributed by atoms with van der Waals surface area (Å²) >= 11 is 0. The Kier molecular flexibility index (Phi) is 6.94. The minimum Gasteiger partial charge on any atom is -0.211 e. The molecule has 6 nitrogen and oxygen atoms in total. The maximum Gasteiger partial charge on any atom is 0.243 e. The van der Waals surface area contributed by atoms with Crippen LogP contribution in [0.3, 0.4) is 0 Å². The molecule has 0 amide bonds. The molecule has 0 heterocycles. The molecule has 2 aromatic rings. The zero-order chi connectivity index (χ0) is 19.2. The van der Waals surface area contributed by atoms with Gasteiger partial charge in [-0.05, 0) is 36.2 Å². The van der Waals surface area contributed by atoms with E-state index in [-0.39, 0.29) is 16.3 Å². The Labute approximate surface area is 156 Å². The highest BCUT2D eigenvalue weighted by atomic mass is 32.2. The quantitative estimate of drug-likeness (QED) is 0.705. The highest BCUT2D eigenvalue weighted by molar-refractivity contribution is 7.89. The molecular formula is C18H24N2O4S2. The van der Waals surface area contributed by atoms with Crippen molar-refractivity contribution >= 4 is 20.0 Å². The number of hydrogen-bond donors (Lipinski definition) is 1. The molecule has 0 atom stereocenters. The van der Waals surface area contributed by atoms with Crippen LogP contribution in [0.4, 0.5) is 0 Å². The topological polar surface area (TPSA) is 83.6 Å². The van der Waals surface area contributed by atoms with Gasteiger partial charge in [0.05, 0.1) is 9.79 Å². The maximum atomic E-state index is 12.4. The van der Waals surface area contributed by atoms with Gasteiger partial charge in [-0.2, -0.15) is 4.31 Å². The lowest BCUT2D eigenvalue weighted by atomic mass is 10.2. The first-order valence-corrected chi connectivity index (χ1v) is 11.4. The number of nitrogens with one attached hydrogen (secondary N) is 1.